The van der Waals surface area contributed by atoms with Gasteiger partial charge in [-0.2, -0.15) is 0 Å². The Morgan fingerprint density at radius 1 is 1.11 bits per heavy atom. The number of rotatable bonds is 8. The number of hydrogen-bond donors (Lipinski definition) is 0. The zero-order chi connectivity index (χ0) is 13.2. The molecule has 0 saturated carbocycles. The molecule has 0 spiro atoms. The van der Waals surface area contributed by atoms with E-state index in [1.54, 1.807) is 12.1 Å². The summed E-state index contributed by atoms with van der Waals surface area (Å²) in [5.74, 6) is 0.852. The highest BCUT2D eigenvalue weighted by molar-refractivity contribution is 5.46. The Hall–Kier alpha value is -1.53. The molecule has 0 fully saturated rings. The second kappa shape index (κ2) is 8.54. The minimum Gasteiger partial charge on any atom is -0.494 e. The molecule has 0 saturated heterocycles. The van der Waals surface area contributed by atoms with Crippen LogP contribution in [-0.2, 0) is 0 Å². The maximum absolute atomic E-state index is 6.86. The monoisotopic (exact) mass is 246 g/mol. The summed E-state index contributed by atoms with van der Waals surface area (Å²) in [6.45, 7) is 15.4. The Morgan fingerprint density at radius 3 is 2.33 bits per heavy atom. The van der Waals surface area contributed by atoms with Crippen LogP contribution in [0.3, 0.4) is 0 Å². The van der Waals surface area contributed by atoms with Crippen molar-refractivity contribution in [3.8, 4) is 5.75 Å². The van der Waals surface area contributed by atoms with Gasteiger partial charge in [-0.1, -0.05) is 26.0 Å². The van der Waals surface area contributed by atoms with Crippen molar-refractivity contribution < 1.29 is 4.74 Å². The lowest BCUT2D eigenvalue weighted by atomic mass is 10.3. The van der Waals surface area contributed by atoms with Gasteiger partial charge in [0, 0.05) is 0 Å². The highest BCUT2D eigenvalue weighted by Crippen LogP contribution is 2.17. The average Bonchev–Trinajstić information content (AvgIpc) is 2.43. The van der Waals surface area contributed by atoms with Crippen molar-refractivity contribution in [1.82, 2.24) is 4.90 Å². The highest BCUT2D eigenvalue weighted by atomic mass is 16.5. The first-order chi connectivity index (χ1) is 8.80. The normalized spacial score (nSPS) is 10.3. The topological polar surface area (TPSA) is 16.8 Å². The van der Waals surface area contributed by atoms with Crippen LogP contribution in [0, 0.1) is 6.57 Å². The van der Waals surface area contributed by atoms with E-state index in [0.717, 1.165) is 38.4 Å². The van der Waals surface area contributed by atoms with E-state index in [4.69, 9.17) is 11.3 Å². The molecule has 0 unspecified atom stereocenters. The lowest BCUT2D eigenvalue weighted by molar-refractivity contribution is 0.266. The van der Waals surface area contributed by atoms with Crippen LogP contribution >= 0.6 is 0 Å². The standard InChI is InChI=1S/C15H22N2O/c1-4-17(5-2)12-6-7-13-18-15-10-8-14(16-3)9-11-15/h8-11H,4-7,12-13H2,1-2H3. The lowest BCUT2D eigenvalue weighted by Gasteiger charge is -2.17. The van der Waals surface area contributed by atoms with Gasteiger partial charge in [0.15, 0.2) is 5.69 Å². The van der Waals surface area contributed by atoms with Crippen LogP contribution < -0.4 is 4.74 Å². The molecular weight excluding hydrogens is 224 g/mol. The SMILES string of the molecule is [C-]#[N+]c1ccc(OCCCCN(CC)CC)cc1. The number of hydrogen-bond acceptors (Lipinski definition) is 2. The average molecular weight is 246 g/mol. The molecule has 0 amide bonds. The Kier molecular flexibility index (Phi) is 6.90. The van der Waals surface area contributed by atoms with Crippen LogP contribution in [0.4, 0.5) is 5.69 Å². The summed E-state index contributed by atoms with van der Waals surface area (Å²) in [5, 5.41) is 0. The number of benzene rings is 1. The van der Waals surface area contributed by atoms with Crippen molar-refractivity contribution in [3.05, 3.63) is 35.7 Å². The zero-order valence-corrected chi connectivity index (χ0v) is 11.4. The third-order valence-corrected chi connectivity index (χ3v) is 3.00. The summed E-state index contributed by atoms with van der Waals surface area (Å²) in [6.07, 6.45) is 2.24. The quantitative estimate of drug-likeness (QED) is 0.513. The van der Waals surface area contributed by atoms with Gasteiger partial charge in [0.1, 0.15) is 5.75 Å². The predicted octanol–water partition coefficient (Wildman–Crippen LogP) is 3.74. The van der Waals surface area contributed by atoms with E-state index >= 15 is 0 Å². The van der Waals surface area contributed by atoms with Crippen molar-refractivity contribution >= 4 is 5.69 Å². The largest absolute Gasteiger partial charge is 0.494 e. The van der Waals surface area contributed by atoms with Crippen molar-refractivity contribution in [3.63, 3.8) is 0 Å². The fourth-order valence-corrected chi connectivity index (χ4v) is 1.78. The maximum atomic E-state index is 6.86. The van der Waals surface area contributed by atoms with Gasteiger partial charge in [-0.15, -0.1) is 0 Å². The molecule has 0 aliphatic rings. The van der Waals surface area contributed by atoms with Crippen LogP contribution in [0.25, 0.3) is 4.85 Å². The fourth-order valence-electron chi connectivity index (χ4n) is 1.78. The lowest BCUT2D eigenvalue weighted by Crippen LogP contribution is -2.24. The minimum absolute atomic E-state index is 0.656. The summed E-state index contributed by atoms with van der Waals surface area (Å²) in [4.78, 5) is 5.77. The molecule has 18 heavy (non-hydrogen) atoms. The van der Waals surface area contributed by atoms with Crippen LogP contribution in [-0.4, -0.2) is 31.1 Å². The Bertz CT molecular complexity index is 363. The smallest absolute Gasteiger partial charge is 0.187 e. The summed E-state index contributed by atoms with van der Waals surface area (Å²) >= 11 is 0. The number of unbranched alkanes of at least 4 members (excludes halogenated alkanes) is 1. The maximum Gasteiger partial charge on any atom is 0.187 e. The molecule has 0 bridgehead atoms. The molecular formula is C15H22N2O. The summed E-state index contributed by atoms with van der Waals surface area (Å²) in [5.41, 5.74) is 0.656. The van der Waals surface area contributed by atoms with E-state index in [-0.39, 0.29) is 0 Å². The van der Waals surface area contributed by atoms with Gasteiger partial charge in [-0.3, -0.25) is 0 Å². The highest BCUT2D eigenvalue weighted by Gasteiger charge is 1.99. The van der Waals surface area contributed by atoms with Crippen molar-refractivity contribution in [1.29, 1.82) is 0 Å². The third kappa shape index (κ3) is 5.20. The van der Waals surface area contributed by atoms with Gasteiger partial charge in [-0.05, 0) is 44.6 Å². The van der Waals surface area contributed by atoms with E-state index in [0.29, 0.717) is 5.69 Å². The van der Waals surface area contributed by atoms with Gasteiger partial charge >= 0.3 is 0 Å². The summed E-state index contributed by atoms with van der Waals surface area (Å²) < 4.78 is 5.63. The van der Waals surface area contributed by atoms with Crippen LogP contribution in [0.2, 0.25) is 0 Å². The van der Waals surface area contributed by atoms with Crippen LogP contribution in [0.5, 0.6) is 5.75 Å². The van der Waals surface area contributed by atoms with Crippen molar-refractivity contribution in [2.24, 2.45) is 0 Å². The van der Waals surface area contributed by atoms with Gasteiger partial charge in [0.2, 0.25) is 0 Å². The first-order valence-electron chi connectivity index (χ1n) is 6.62. The Labute approximate surface area is 110 Å². The van der Waals surface area contributed by atoms with Gasteiger partial charge in [0.05, 0.1) is 13.2 Å². The second-order valence-corrected chi connectivity index (χ2v) is 4.19. The van der Waals surface area contributed by atoms with Gasteiger partial charge in [0.25, 0.3) is 0 Å². The molecule has 0 heterocycles. The molecule has 0 radical (unpaired) electrons. The molecule has 0 aliphatic heterocycles. The fraction of sp³-hybridized carbons (Fsp3) is 0.533. The predicted molar refractivity (Wildman–Crippen MR) is 75.2 cm³/mol. The Balaban J connectivity index is 2.16. The van der Waals surface area contributed by atoms with Crippen molar-refractivity contribution in [2.45, 2.75) is 26.7 Å². The molecule has 1 rings (SSSR count). The third-order valence-electron chi connectivity index (χ3n) is 3.00. The molecule has 0 N–H and O–H groups in total. The number of ether oxygens (including phenoxy) is 1. The van der Waals surface area contributed by atoms with Crippen LogP contribution in [0.15, 0.2) is 24.3 Å². The summed E-state index contributed by atoms with van der Waals surface area (Å²) in [6, 6.07) is 7.30. The van der Waals surface area contributed by atoms with E-state index < -0.39 is 0 Å². The van der Waals surface area contributed by atoms with E-state index in [9.17, 15) is 0 Å². The molecule has 98 valence electrons. The van der Waals surface area contributed by atoms with E-state index in [2.05, 4.69) is 23.6 Å². The molecule has 0 aliphatic carbocycles. The summed E-state index contributed by atoms with van der Waals surface area (Å²) in [7, 11) is 0. The first kappa shape index (κ1) is 14.5. The molecule has 1 aromatic rings. The van der Waals surface area contributed by atoms with Gasteiger partial charge in [-0.25, -0.2) is 4.85 Å². The molecule has 3 nitrogen and oxygen atoms in total. The molecule has 1 aromatic carbocycles. The van der Waals surface area contributed by atoms with Gasteiger partial charge < -0.3 is 9.64 Å². The van der Waals surface area contributed by atoms with E-state index in [1.807, 2.05) is 12.1 Å². The molecule has 0 aromatic heterocycles. The molecule has 0 atom stereocenters. The minimum atomic E-state index is 0.656. The van der Waals surface area contributed by atoms with Crippen molar-refractivity contribution in [2.75, 3.05) is 26.2 Å². The van der Waals surface area contributed by atoms with E-state index in [1.165, 1.54) is 6.42 Å². The second-order valence-electron chi connectivity index (χ2n) is 4.19. The first-order valence-corrected chi connectivity index (χ1v) is 6.62. The number of nitrogens with zero attached hydrogens (tertiary/aromatic N) is 2. The Morgan fingerprint density at radius 2 is 1.78 bits per heavy atom. The zero-order valence-electron chi connectivity index (χ0n) is 11.4. The molecule has 3 heteroatoms. The van der Waals surface area contributed by atoms with Crippen LogP contribution in [0.1, 0.15) is 26.7 Å².